The van der Waals surface area contributed by atoms with Crippen molar-refractivity contribution in [1.82, 2.24) is 4.31 Å². The second-order valence-corrected chi connectivity index (χ2v) is 10.6. The van der Waals surface area contributed by atoms with Gasteiger partial charge in [0.25, 0.3) is 5.69 Å². The molecule has 0 saturated carbocycles. The normalized spacial score (nSPS) is 20.2. The summed E-state index contributed by atoms with van der Waals surface area (Å²) in [6, 6.07) is 6.23. The molecule has 2 aromatic rings. The van der Waals surface area contributed by atoms with E-state index < -0.39 is 14.9 Å². The Balaban J connectivity index is 1.91. The van der Waals surface area contributed by atoms with E-state index in [0.717, 1.165) is 12.5 Å². The first-order valence-electron chi connectivity index (χ1n) is 9.10. The summed E-state index contributed by atoms with van der Waals surface area (Å²) in [5.41, 5.74) is -0.198. The molecule has 1 saturated heterocycles. The predicted molar refractivity (Wildman–Crippen MR) is 116 cm³/mol. The molecule has 7 nitrogen and oxygen atoms in total. The molecule has 162 valence electrons. The van der Waals surface area contributed by atoms with Gasteiger partial charge in [0.2, 0.25) is 10.0 Å². The largest absolute Gasteiger partial charge is 0.453 e. The molecule has 0 spiro atoms. The Labute approximate surface area is 189 Å². The van der Waals surface area contributed by atoms with E-state index in [2.05, 4.69) is 0 Å². The van der Waals surface area contributed by atoms with E-state index in [0.29, 0.717) is 13.1 Å². The molecule has 2 aromatic carbocycles. The van der Waals surface area contributed by atoms with Crippen LogP contribution in [0.15, 0.2) is 35.2 Å². The van der Waals surface area contributed by atoms with Crippen molar-refractivity contribution < 1.29 is 18.1 Å². The van der Waals surface area contributed by atoms with Crippen LogP contribution in [0.4, 0.5) is 5.69 Å². The molecule has 0 aliphatic carbocycles. The van der Waals surface area contributed by atoms with Crippen LogP contribution in [-0.2, 0) is 10.0 Å². The molecule has 1 heterocycles. The van der Waals surface area contributed by atoms with E-state index in [9.17, 15) is 18.5 Å². The van der Waals surface area contributed by atoms with Crippen molar-refractivity contribution in [1.29, 1.82) is 0 Å². The lowest BCUT2D eigenvalue weighted by atomic mass is 9.94. The van der Waals surface area contributed by atoms with Gasteiger partial charge in [-0.1, -0.05) is 48.7 Å². The number of nitro groups is 1. The van der Waals surface area contributed by atoms with Crippen LogP contribution in [0, 0.1) is 22.0 Å². The number of ether oxygens (including phenoxy) is 1. The zero-order valence-corrected chi connectivity index (χ0v) is 19.2. The van der Waals surface area contributed by atoms with Crippen LogP contribution in [0.5, 0.6) is 11.5 Å². The first-order valence-corrected chi connectivity index (χ1v) is 11.7. The molecule has 0 radical (unpaired) electrons. The van der Waals surface area contributed by atoms with Gasteiger partial charge >= 0.3 is 0 Å². The topological polar surface area (TPSA) is 89.8 Å². The fourth-order valence-corrected chi connectivity index (χ4v) is 6.17. The Kier molecular flexibility index (Phi) is 6.84. The summed E-state index contributed by atoms with van der Waals surface area (Å²) >= 11 is 18.6. The van der Waals surface area contributed by atoms with E-state index in [1.54, 1.807) is 0 Å². The number of sulfonamides is 1. The van der Waals surface area contributed by atoms with Crippen LogP contribution >= 0.6 is 34.8 Å². The molecule has 1 fully saturated rings. The van der Waals surface area contributed by atoms with Crippen molar-refractivity contribution >= 4 is 50.5 Å². The lowest BCUT2D eigenvalue weighted by Gasteiger charge is -2.34. The van der Waals surface area contributed by atoms with E-state index >= 15 is 0 Å². The Morgan fingerprint density at radius 2 is 1.60 bits per heavy atom. The quantitative estimate of drug-likeness (QED) is 0.375. The molecule has 0 unspecified atom stereocenters. The number of benzene rings is 2. The highest BCUT2D eigenvalue weighted by Crippen LogP contribution is 2.41. The average molecular weight is 494 g/mol. The molecular formula is C19H19Cl3N2O5S. The summed E-state index contributed by atoms with van der Waals surface area (Å²) in [7, 11) is -3.78. The minimum atomic E-state index is -3.78. The number of hydrogen-bond donors (Lipinski definition) is 0. The summed E-state index contributed by atoms with van der Waals surface area (Å²) < 4.78 is 33.3. The van der Waals surface area contributed by atoms with Gasteiger partial charge in [0.15, 0.2) is 5.75 Å². The molecular weight excluding hydrogens is 475 g/mol. The highest BCUT2D eigenvalue weighted by Gasteiger charge is 2.32. The van der Waals surface area contributed by atoms with E-state index in [1.165, 1.54) is 28.6 Å². The second kappa shape index (κ2) is 8.88. The summed E-state index contributed by atoms with van der Waals surface area (Å²) in [4.78, 5) is 10.2. The third kappa shape index (κ3) is 4.84. The van der Waals surface area contributed by atoms with Gasteiger partial charge in [0.05, 0.1) is 24.9 Å². The van der Waals surface area contributed by atoms with Gasteiger partial charge < -0.3 is 4.74 Å². The summed E-state index contributed by atoms with van der Waals surface area (Å²) in [6.07, 6.45) is 0.969. The standard InChI is InChI=1S/C19H19Cl3N2O5S/c1-11-5-12(2)10-23(9-11)30(27,28)14-7-16(21)19(17(22)8-14)29-18-4-3-13(24(25)26)6-15(18)20/h3-4,6-8,11-12H,5,9-10H2,1-2H3/t11-,12+. The van der Waals surface area contributed by atoms with Crippen molar-refractivity contribution in [3.05, 3.63) is 55.5 Å². The fourth-order valence-electron chi connectivity index (χ4n) is 3.53. The number of non-ortho nitro benzene ring substituents is 1. The molecule has 30 heavy (non-hydrogen) atoms. The molecule has 2 atom stereocenters. The number of nitro benzene ring substituents is 1. The zero-order chi connectivity index (χ0) is 22.2. The minimum Gasteiger partial charge on any atom is -0.453 e. The maximum absolute atomic E-state index is 13.1. The van der Waals surface area contributed by atoms with Crippen molar-refractivity contribution in [3.63, 3.8) is 0 Å². The van der Waals surface area contributed by atoms with Crippen LogP contribution in [0.3, 0.4) is 0 Å². The van der Waals surface area contributed by atoms with Gasteiger partial charge in [0.1, 0.15) is 5.75 Å². The molecule has 1 aliphatic rings. The molecule has 0 N–H and O–H groups in total. The molecule has 11 heteroatoms. The van der Waals surface area contributed by atoms with Crippen LogP contribution in [0.1, 0.15) is 20.3 Å². The first-order chi connectivity index (χ1) is 14.0. The Morgan fingerprint density at radius 1 is 1.03 bits per heavy atom. The third-order valence-electron chi connectivity index (χ3n) is 4.78. The van der Waals surface area contributed by atoms with Crippen molar-refractivity contribution in [3.8, 4) is 11.5 Å². The Bertz CT molecular complexity index is 1060. The van der Waals surface area contributed by atoms with Gasteiger partial charge in [-0.2, -0.15) is 4.31 Å². The summed E-state index contributed by atoms with van der Waals surface area (Å²) in [6.45, 7) is 4.89. The third-order valence-corrected chi connectivity index (χ3v) is 7.45. The number of halogens is 3. The maximum atomic E-state index is 13.1. The highest BCUT2D eigenvalue weighted by atomic mass is 35.5. The lowest BCUT2D eigenvalue weighted by Crippen LogP contribution is -2.42. The van der Waals surface area contributed by atoms with E-state index in [4.69, 9.17) is 39.5 Å². The number of piperidine rings is 1. The monoisotopic (exact) mass is 492 g/mol. The van der Waals surface area contributed by atoms with E-state index in [-0.39, 0.29) is 49.0 Å². The van der Waals surface area contributed by atoms with Crippen molar-refractivity contribution in [2.75, 3.05) is 13.1 Å². The minimum absolute atomic E-state index is 0.00779. The number of hydrogen-bond acceptors (Lipinski definition) is 5. The predicted octanol–water partition coefficient (Wildman–Crippen LogP) is 6.01. The average Bonchev–Trinajstić information content (AvgIpc) is 2.64. The summed E-state index contributed by atoms with van der Waals surface area (Å²) in [5.74, 6) is 0.608. The van der Waals surface area contributed by atoms with Gasteiger partial charge in [0, 0.05) is 25.2 Å². The Hall–Kier alpha value is -1.58. The summed E-state index contributed by atoms with van der Waals surface area (Å²) in [5, 5.41) is 10.8. The SMILES string of the molecule is C[C@@H]1C[C@H](C)CN(S(=O)(=O)c2cc(Cl)c(Oc3ccc([N+](=O)[O-])cc3Cl)c(Cl)c2)C1. The van der Waals surface area contributed by atoms with Gasteiger partial charge in [-0.3, -0.25) is 10.1 Å². The van der Waals surface area contributed by atoms with E-state index in [1.807, 2.05) is 13.8 Å². The van der Waals surface area contributed by atoms with Gasteiger partial charge in [-0.25, -0.2) is 8.42 Å². The Morgan fingerprint density at radius 3 is 2.10 bits per heavy atom. The lowest BCUT2D eigenvalue weighted by molar-refractivity contribution is -0.384. The van der Waals surface area contributed by atoms with Crippen molar-refractivity contribution in [2.24, 2.45) is 11.8 Å². The molecule has 0 aromatic heterocycles. The van der Waals surface area contributed by atoms with Gasteiger partial charge in [-0.05, 0) is 36.5 Å². The first kappa shape index (κ1) is 23.1. The van der Waals surface area contributed by atoms with Gasteiger partial charge in [-0.15, -0.1) is 0 Å². The molecule has 0 amide bonds. The van der Waals surface area contributed by atoms with Crippen LogP contribution < -0.4 is 4.74 Å². The molecule has 0 bridgehead atoms. The number of nitrogens with zero attached hydrogens (tertiary/aromatic N) is 2. The molecule has 1 aliphatic heterocycles. The van der Waals surface area contributed by atoms with Crippen LogP contribution in [0.25, 0.3) is 0 Å². The van der Waals surface area contributed by atoms with Crippen LogP contribution in [-0.4, -0.2) is 30.7 Å². The fraction of sp³-hybridized carbons (Fsp3) is 0.368. The van der Waals surface area contributed by atoms with Crippen LogP contribution in [0.2, 0.25) is 15.1 Å². The maximum Gasteiger partial charge on any atom is 0.271 e. The molecule has 3 rings (SSSR count). The van der Waals surface area contributed by atoms with Crippen molar-refractivity contribution in [2.45, 2.75) is 25.2 Å². The zero-order valence-electron chi connectivity index (χ0n) is 16.1. The highest BCUT2D eigenvalue weighted by molar-refractivity contribution is 7.89. The smallest absolute Gasteiger partial charge is 0.271 e. The second-order valence-electron chi connectivity index (χ2n) is 7.46. The number of rotatable bonds is 5.